The number of hydrogen-bond donors (Lipinski definition) is 2. The van der Waals surface area contributed by atoms with Gasteiger partial charge in [0.2, 0.25) is 0 Å². The minimum absolute atomic E-state index is 0.0422. The molecule has 0 aliphatic rings. The maximum atomic E-state index is 12.3. The van der Waals surface area contributed by atoms with Gasteiger partial charge in [-0.1, -0.05) is 0 Å². The quantitative estimate of drug-likeness (QED) is 0.867. The van der Waals surface area contributed by atoms with Crippen LogP contribution in [-0.2, 0) is 6.18 Å². The van der Waals surface area contributed by atoms with E-state index in [4.69, 9.17) is 5.11 Å². The van der Waals surface area contributed by atoms with Crippen molar-refractivity contribution < 1.29 is 23.1 Å². The van der Waals surface area contributed by atoms with Gasteiger partial charge in [0, 0.05) is 18.2 Å². The third-order valence-electron chi connectivity index (χ3n) is 2.65. The SMILES string of the molecule is CC(CCCO)NC(=O)c1ccc(C(F)(F)F)cc1. The Balaban J connectivity index is 2.63. The van der Waals surface area contributed by atoms with Crippen LogP contribution in [0.4, 0.5) is 13.2 Å². The number of aliphatic hydroxyl groups excluding tert-OH is 1. The number of halogens is 3. The van der Waals surface area contributed by atoms with Gasteiger partial charge in [0.25, 0.3) is 5.91 Å². The van der Waals surface area contributed by atoms with Crippen LogP contribution < -0.4 is 5.32 Å². The Morgan fingerprint density at radius 3 is 2.37 bits per heavy atom. The van der Waals surface area contributed by atoms with Gasteiger partial charge in [-0.3, -0.25) is 4.79 Å². The molecule has 0 heterocycles. The molecule has 19 heavy (non-hydrogen) atoms. The lowest BCUT2D eigenvalue weighted by atomic mass is 10.1. The van der Waals surface area contributed by atoms with Crippen LogP contribution in [0.3, 0.4) is 0 Å². The van der Waals surface area contributed by atoms with Gasteiger partial charge in [-0.25, -0.2) is 0 Å². The normalized spacial score (nSPS) is 13.1. The maximum Gasteiger partial charge on any atom is 0.416 e. The standard InChI is InChI=1S/C13H16F3NO2/c1-9(3-2-8-18)17-12(19)10-4-6-11(7-5-10)13(14,15)16/h4-7,9,18H,2-3,8H2,1H3,(H,17,19). The van der Waals surface area contributed by atoms with Gasteiger partial charge in [-0.15, -0.1) is 0 Å². The van der Waals surface area contributed by atoms with Crippen molar-refractivity contribution in [2.45, 2.75) is 32.0 Å². The van der Waals surface area contributed by atoms with Crippen LogP contribution in [-0.4, -0.2) is 23.7 Å². The van der Waals surface area contributed by atoms with Crippen LogP contribution in [0.15, 0.2) is 24.3 Å². The van der Waals surface area contributed by atoms with Crippen molar-refractivity contribution in [1.29, 1.82) is 0 Å². The van der Waals surface area contributed by atoms with Gasteiger partial charge in [-0.05, 0) is 44.0 Å². The molecule has 0 aliphatic heterocycles. The van der Waals surface area contributed by atoms with Crippen LogP contribution in [0.5, 0.6) is 0 Å². The van der Waals surface area contributed by atoms with Gasteiger partial charge >= 0.3 is 6.18 Å². The molecule has 0 saturated heterocycles. The van der Waals surface area contributed by atoms with E-state index >= 15 is 0 Å². The number of alkyl halides is 3. The van der Waals surface area contributed by atoms with Crippen LogP contribution in [0.1, 0.15) is 35.7 Å². The third-order valence-corrected chi connectivity index (χ3v) is 2.65. The van der Waals surface area contributed by atoms with Crippen molar-refractivity contribution in [3.8, 4) is 0 Å². The lowest BCUT2D eigenvalue weighted by Crippen LogP contribution is -2.32. The van der Waals surface area contributed by atoms with Gasteiger partial charge < -0.3 is 10.4 Å². The summed E-state index contributed by atoms with van der Waals surface area (Å²) in [6, 6.07) is 3.93. The summed E-state index contributed by atoms with van der Waals surface area (Å²) < 4.78 is 37.0. The topological polar surface area (TPSA) is 49.3 Å². The monoisotopic (exact) mass is 275 g/mol. The number of carbonyl (C=O) groups excluding carboxylic acids is 1. The molecule has 0 aliphatic carbocycles. The molecule has 1 unspecified atom stereocenters. The number of aliphatic hydroxyl groups is 1. The molecule has 1 amide bonds. The molecule has 0 radical (unpaired) electrons. The molecule has 0 aromatic heterocycles. The molecule has 0 spiro atoms. The second-order valence-corrected chi connectivity index (χ2v) is 4.32. The van der Waals surface area contributed by atoms with E-state index in [9.17, 15) is 18.0 Å². The van der Waals surface area contributed by atoms with Crippen molar-refractivity contribution in [3.05, 3.63) is 35.4 Å². The number of carbonyl (C=O) groups is 1. The molecule has 0 bridgehead atoms. The average molecular weight is 275 g/mol. The molecular formula is C13H16F3NO2. The third kappa shape index (κ3) is 4.90. The molecule has 1 aromatic carbocycles. The van der Waals surface area contributed by atoms with E-state index in [1.54, 1.807) is 6.92 Å². The number of hydrogen-bond acceptors (Lipinski definition) is 2. The fourth-order valence-electron chi connectivity index (χ4n) is 1.59. The molecule has 1 rings (SSSR count). The number of benzene rings is 1. The fourth-order valence-corrected chi connectivity index (χ4v) is 1.59. The van der Waals surface area contributed by atoms with Gasteiger partial charge in [0.1, 0.15) is 0 Å². The van der Waals surface area contributed by atoms with Crippen LogP contribution >= 0.6 is 0 Å². The second kappa shape index (κ2) is 6.56. The molecule has 1 atom stereocenters. The highest BCUT2D eigenvalue weighted by Gasteiger charge is 2.30. The first-order valence-electron chi connectivity index (χ1n) is 5.93. The Labute approximate surface area is 109 Å². The zero-order valence-corrected chi connectivity index (χ0v) is 10.5. The van der Waals surface area contributed by atoms with Crippen LogP contribution in [0.25, 0.3) is 0 Å². The maximum absolute atomic E-state index is 12.3. The molecule has 0 saturated carbocycles. The smallest absolute Gasteiger partial charge is 0.396 e. The number of nitrogens with one attached hydrogen (secondary N) is 1. The zero-order valence-electron chi connectivity index (χ0n) is 10.5. The van der Waals surface area contributed by atoms with Crippen LogP contribution in [0, 0.1) is 0 Å². The van der Waals surface area contributed by atoms with E-state index in [0.717, 1.165) is 24.3 Å². The fraction of sp³-hybridized carbons (Fsp3) is 0.462. The predicted molar refractivity (Wildman–Crippen MR) is 64.7 cm³/mol. The van der Waals surface area contributed by atoms with E-state index in [2.05, 4.69) is 5.32 Å². The summed E-state index contributed by atoms with van der Waals surface area (Å²) in [6.07, 6.45) is -3.22. The van der Waals surface area contributed by atoms with Crippen molar-refractivity contribution in [1.82, 2.24) is 5.32 Å². The van der Waals surface area contributed by atoms with Gasteiger partial charge in [0.15, 0.2) is 0 Å². The minimum atomic E-state index is -4.40. The Bertz CT molecular complexity index is 415. The Kier molecular flexibility index (Phi) is 5.35. The van der Waals surface area contributed by atoms with E-state index < -0.39 is 17.6 Å². The largest absolute Gasteiger partial charge is 0.416 e. The highest BCUT2D eigenvalue weighted by molar-refractivity contribution is 5.94. The van der Waals surface area contributed by atoms with E-state index in [-0.39, 0.29) is 18.2 Å². The zero-order chi connectivity index (χ0) is 14.5. The highest BCUT2D eigenvalue weighted by Crippen LogP contribution is 2.29. The lowest BCUT2D eigenvalue weighted by molar-refractivity contribution is -0.137. The molecule has 0 fully saturated rings. The van der Waals surface area contributed by atoms with E-state index in [1.165, 1.54) is 0 Å². The predicted octanol–water partition coefficient (Wildman–Crippen LogP) is 2.60. The molecule has 2 N–H and O–H groups in total. The molecule has 1 aromatic rings. The first-order chi connectivity index (χ1) is 8.84. The first kappa shape index (κ1) is 15.5. The molecule has 106 valence electrons. The first-order valence-corrected chi connectivity index (χ1v) is 5.93. The lowest BCUT2D eigenvalue weighted by Gasteiger charge is -2.13. The summed E-state index contributed by atoms with van der Waals surface area (Å²) in [7, 11) is 0. The van der Waals surface area contributed by atoms with Crippen molar-refractivity contribution in [2.75, 3.05) is 6.61 Å². The van der Waals surface area contributed by atoms with Crippen molar-refractivity contribution >= 4 is 5.91 Å². The Morgan fingerprint density at radius 2 is 1.89 bits per heavy atom. The summed E-state index contributed by atoms with van der Waals surface area (Å²) in [5, 5.41) is 11.3. The number of amides is 1. The second-order valence-electron chi connectivity index (χ2n) is 4.32. The summed E-state index contributed by atoms with van der Waals surface area (Å²) in [5.41, 5.74) is -0.596. The summed E-state index contributed by atoms with van der Waals surface area (Å²) in [6.45, 7) is 1.82. The van der Waals surface area contributed by atoms with Crippen molar-refractivity contribution in [3.63, 3.8) is 0 Å². The van der Waals surface area contributed by atoms with Crippen LogP contribution in [0.2, 0.25) is 0 Å². The average Bonchev–Trinajstić information content (AvgIpc) is 2.35. The molecule has 3 nitrogen and oxygen atoms in total. The van der Waals surface area contributed by atoms with Crippen molar-refractivity contribution in [2.24, 2.45) is 0 Å². The van der Waals surface area contributed by atoms with E-state index in [1.807, 2.05) is 0 Å². The minimum Gasteiger partial charge on any atom is -0.396 e. The Morgan fingerprint density at radius 1 is 1.32 bits per heavy atom. The number of rotatable bonds is 5. The summed E-state index contributed by atoms with van der Waals surface area (Å²) >= 11 is 0. The Hall–Kier alpha value is -1.56. The van der Waals surface area contributed by atoms with Gasteiger partial charge in [0.05, 0.1) is 5.56 Å². The van der Waals surface area contributed by atoms with E-state index in [0.29, 0.717) is 12.8 Å². The summed E-state index contributed by atoms with van der Waals surface area (Å²) in [4.78, 5) is 11.7. The summed E-state index contributed by atoms with van der Waals surface area (Å²) in [5.74, 6) is -0.417. The molecule has 6 heteroatoms. The molecular weight excluding hydrogens is 259 g/mol. The highest BCUT2D eigenvalue weighted by atomic mass is 19.4. The van der Waals surface area contributed by atoms with Gasteiger partial charge in [-0.2, -0.15) is 13.2 Å².